The number of rotatable bonds is 3. The molecule has 0 bridgehead atoms. The molecule has 0 radical (unpaired) electrons. The van der Waals surface area contributed by atoms with Gasteiger partial charge in [-0.15, -0.1) is 0 Å². The van der Waals surface area contributed by atoms with Crippen molar-refractivity contribution in [2.45, 2.75) is 44.1 Å². The van der Waals surface area contributed by atoms with Crippen molar-refractivity contribution in [3.63, 3.8) is 0 Å². The van der Waals surface area contributed by atoms with Gasteiger partial charge in [-0.25, -0.2) is 4.98 Å². The Morgan fingerprint density at radius 1 is 1.11 bits per heavy atom. The number of fused-ring (bicyclic) bond motifs is 3. The highest BCUT2D eigenvalue weighted by atomic mass is 16.2. The van der Waals surface area contributed by atoms with E-state index in [4.69, 9.17) is 0 Å². The molecule has 2 aromatic heterocycles. The number of hydrogen-bond acceptors (Lipinski definition) is 4. The molecule has 1 aliphatic carbocycles. The Balaban J connectivity index is 1.13. The third-order valence-corrected chi connectivity index (χ3v) is 8.30. The van der Waals surface area contributed by atoms with E-state index in [0.717, 1.165) is 57.5 Å². The summed E-state index contributed by atoms with van der Waals surface area (Å²) in [4.78, 5) is 44.7. The predicted molar refractivity (Wildman–Crippen MR) is 145 cm³/mol. The summed E-state index contributed by atoms with van der Waals surface area (Å²) in [7, 11) is 1.81. The molecule has 4 heterocycles. The number of carbonyl (C=O) groups is 3. The number of pyridine rings is 1. The molecule has 1 spiro atoms. The molecule has 2 aromatic carbocycles. The molecule has 3 aliphatic rings. The van der Waals surface area contributed by atoms with E-state index in [2.05, 4.69) is 20.2 Å². The number of para-hydroxylation sites is 1. The molecular weight excluding hydrogens is 478 g/mol. The van der Waals surface area contributed by atoms with Gasteiger partial charge in [-0.3, -0.25) is 14.4 Å². The van der Waals surface area contributed by atoms with Crippen molar-refractivity contribution in [2.24, 2.45) is 0 Å². The SMILES string of the molecule is CN1C(=O)CCCn2cc(CC(=O)Nc3ccc4c(c3)CC3(C4)C(=O)Nc4ncccc43)c3cccc1c32. The summed E-state index contributed by atoms with van der Waals surface area (Å²) in [6.45, 7) is 0.744. The highest BCUT2D eigenvalue weighted by Gasteiger charge is 2.51. The van der Waals surface area contributed by atoms with Crippen molar-refractivity contribution < 1.29 is 14.4 Å². The number of carbonyl (C=O) groups excluding carboxylic acids is 3. The monoisotopic (exact) mass is 505 g/mol. The first-order valence-electron chi connectivity index (χ1n) is 13.0. The van der Waals surface area contributed by atoms with Gasteiger partial charge in [0.25, 0.3) is 0 Å². The lowest BCUT2D eigenvalue weighted by Crippen LogP contribution is -2.35. The molecule has 0 saturated carbocycles. The zero-order chi connectivity index (χ0) is 26.0. The van der Waals surface area contributed by atoms with Crippen molar-refractivity contribution in [3.8, 4) is 0 Å². The van der Waals surface area contributed by atoms with Crippen molar-refractivity contribution in [2.75, 3.05) is 22.6 Å². The minimum Gasteiger partial charge on any atom is -0.345 e. The Hall–Kier alpha value is -4.46. The summed E-state index contributed by atoms with van der Waals surface area (Å²) in [5.74, 6) is 0.638. The van der Waals surface area contributed by atoms with E-state index in [-0.39, 0.29) is 24.1 Å². The minimum atomic E-state index is -0.633. The van der Waals surface area contributed by atoms with E-state index in [1.165, 1.54) is 0 Å². The smallest absolute Gasteiger partial charge is 0.237 e. The summed E-state index contributed by atoms with van der Waals surface area (Å²) < 4.78 is 2.17. The Morgan fingerprint density at radius 3 is 2.87 bits per heavy atom. The topological polar surface area (TPSA) is 96.3 Å². The van der Waals surface area contributed by atoms with Gasteiger partial charge in [-0.05, 0) is 60.2 Å². The molecule has 190 valence electrons. The second-order valence-electron chi connectivity index (χ2n) is 10.6. The molecule has 8 heteroatoms. The van der Waals surface area contributed by atoms with Gasteiger partial charge in [-0.1, -0.05) is 24.3 Å². The number of aryl methyl sites for hydroxylation is 1. The number of amides is 3. The zero-order valence-corrected chi connectivity index (χ0v) is 21.1. The molecule has 3 amide bonds. The maximum absolute atomic E-state index is 13.2. The first-order chi connectivity index (χ1) is 18.4. The summed E-state index contributed by atoms with van der Waals surface area (Å²) >= 11 is 0. The normalized spacial score (nSPS) is 19.8. The second kappa shape index (κ2) is 8.28. The van der Waals surface area contributed by atoms with Crippen LogP contribution in [-0.2, 0) is 45.6 Å². The fraction of sp³-hybridized carbons (Fsp3) is 0.267. The predicted octanol–water partition coefficient (Wildman–Crippen LogP) is 3.96. The Bertz CT molecular complexity index is 1670. The fourth-order valence-corrected chi connectivity index (χ4v) is 6.43. The number of benzene rings is 2. The van der Waals surface area contributed by atoms with Crippen LogP contribution in [0.2, 0.25) is 0 Å². The van der Waals surface area contributed by atoms with Crippen LogP contribution in [0.3, 0.4) is 0 Å². The number of aromatic nitrogens is 2. The van der Waals surface area contributed by atoms with Gasteiger partial charge in [0.15, 0.2) is 0 Å². The van der Waals surface area contributed by atoms with Crippen molar-refractivity contribution in [3.05, 3.63) is 83.2 Å². The molecule has 8 nitrogen and oxygen atoms in total. The molecule has 0 saturated heterocycles. The maximum Gasteiger partial charge on any atom is 0.237 e. The first-order valence-corrected chi connectivity index (χ1v) is 13.0. The zero-order valence-electron chi connectivity index (χ0n) is 21.1. The number of hydrogen-bond donors (Lipinski definition) is 2. The molecule has 2 aliphatic heterocycles. The lowest BCUT2D eigenvalue weighted by atomic mass is 9.79. The quantitative estimate of drug-likeness (QED) is 0.441. The van der Waals surface area contributed by atoms with Crippen LogP contribution in [0.5, 0.6) is 0 Å². The van der Waals surface area contributed by atoms with Gasteiger partial charge in [0.05, 0.1) is 23.0 Å². The number of nitrogens with one attached hydrogen (secondary N) is 2. The van der Waals surface area contributed by atoms with Gasteiger partial charge < -0.3 is 20.1 Å². The molecular formula is C30H27N5O3. The van der Waals surface area contributed by atoms with Crippen molar-refractivity contribution in [1.82, 2.24) is 9.55 Å². The van der Waals surface area contributed by atoms with Crippen LogP contribution in [0.15, 0.2) is 60.9 Å². The highest BCUT2D eigenvalue weighted by molar-refractivity contribution is 6.07. The fourth-order valence-electron chi connectivity index (χ4n) is 6.43. The average Bonchev–Trinajstić information content (AvgIpc) is 3.55. The number of nitrogens with zero attached hydrogens (tertiary/aromatic N) is 3. The largest absolute Gasteiger partial charge is 0.345 e. The van der Waals surface area contributed by atoms with Crippen molar-refractivity contribution >= 4 is 45.8 Å². The molecule has 4 aromatic rings. The maximum atomic E-state index is 13.2. The van der Waals surface area contributed by atoms with Crippen LogP contribution in [0.25, 0.3) is 10.9 Å². The van der Waals surface area contributed by atoms with Crippen LogP contribution in [0.4, 0.5) is 17.2 Å². The van der Waals surface area contributed by atoms with Gasteiger partial charge in [-0.2, -0.15) is 0 Å². The van der Waals surface area contributed by atoms with Crippen LogP contribution in [-0.4, -0.2) is 34.3 Å². The van der Waals surface area contributed by atoms with E-state index in [9.17, 15) is 14.4 Å². The molecule has 7 rings (SSSR count). The Labute approximate surface area is 219 Å². The van der Waals surface area contributed by atoms with Gasteiger partial charge in [0.1, 0.15) is 5.82 Å². The first kappa shape index (κ1) is 22.7. The van der Waals surface area contributed by atoms with Crippen LogP contribution < -0.4 is 15.5 Å². The van der Waals surface area contributed by atoms with E-state index < -0.39 is 5.41 Å². The molecule has 1 unspecified atom stereocenters. The summed E-state index contributed by atoms with van der Waals surface area (Å²) in [5.41, 5.74) is 6.04. The second-order valence-corrected chi connectivity index (χ2v) is 10.6. The van der Waals surface area contributed by atoms with Crippen molar-refractivity contribution in [1.29, 1.82) is 0 Å². The van der Waals surface area contributed by atoms with E-state index >= 15 is 0 Å². The standard InChI is InChI=1S/C30H27N5O3/c1-34-24-7-2-5-22-20(17-35(27(22)24)12-4-8-26(34)37)14-25(36)32-21-10-9-18-15-30(16-19(18)13-21)23-6-3-11-31-28(23)33-29(30)38/h2-3,5-7,9-11,13,17H,4,8,12,14-16H2,1H3,(H,32,36)(H,31,33,38). The van der Waals surface area contributed by atoms with Gasteiger partial charge >= 0.3 is 0 Å². The number of anilines is 3. The lowest BCUT2D eigenvalue weighted by molar-refractivity contribution is -0.120. The van der Waals surface area contributed by atoms with Crippen LogP contribution >= 0.6 is 0 Å². The summed E-state index contributed by atoms with van der Waals surface area (Å²) in [5, 5.41) is 7.00. The average molecular weight is 506 g/mol. The molecule has 1 atom stereocenters. The van der Waals surface area contributed by atoms with E-state index in [0.29, 0.717) is 25.1 Å². The Kier molecular flexibility index (Phi) is 4.95. The third-order valence-electron chi connectivity index (χ3n) is 8.30. The minimum absolute atomic E-state index is 0.0138. The molecule has 2 N–H and O–H groups in total. The molecule has 0 fully saturated rings. The van der Waals surface area contributed by atoms with Gasteiger partial charge in [0.2, 0.25) is 17.7 Å². The van der Waals surface area contributed by atoms with E-state index in [1.54, 1.807) is 11.1 Å². The van der Waals surface area contributed by atoms with E-state index in [1.807, 2.05) is 61.8 Å². The third kappa shape index (κ3) is 3.36. The van der Waals surface area contributed by atoms with Crippen LogP contribution in [0.1, 0.15) is 35.1 Å². The lowest BCUT2D eigenvalue weighted by Gasteiger charge is -2.22. The Morgan fingerprint density at radius 2 is 1.97 bits per heavy atom. The van der Waals surface area contributed by atoms with Gasteiger partial charge in [0, 0.05) is 49.0 Å². The summed E-state index contributed by atoms with van der Waals surface area (Å²) in [6.07, 6.45) is 6.45. The molecule has 38 heavy (non-hydrogen) atoms. The highest BCUT2D eigenvalue weighted by Crippen LogP contribution is 2.47. The summed E-state index contributed by atoms with van der Waals surface area (Å²) in [6, 6.07) is 15.7. The van der Waals surface area contributed by atoms with Crippen LogP contribution in [0, 0.1) is 0 Å².